The largest absolute Gasteiger partial charge is 0.495 e. The van der Waals surface area contributed by atoms with Gasteiger partial charge in [0.25, 0.3) is 0 Å². The zero-order chi connectivity index (χ0) is 19.2. The lowest BCUT2D eigenvalue weighted by molar-refractivity contribution is 0.208. The number of ether oxygens (including phenoxy) is 2. The lowest BCUT2D eigenvalue weighted by Crippen LogP contribution is -2.50. The number of benzene rings is 2. The van der Waals surface area contributed by atoms with Gasteiger partial charge in [-0.1, -0.05) is 23.7 Å². The summed E-state index contributed by atoms with van der Waals surface area (Å²) >= 11 is 6.22. The highest BCUT2D eigenvalue weighted by molar-refractivity contribution is 6.32. The number of para-hydroxylation sites is 2. The fraction of sp³-hybridized carbons (Fsp3) is 0.350. The Kier molecular flexibility index (Phi) is 6.29. The van der Waals surface area contributed by atoms with Gasteiger partial charge in [0.2, 0.25) is 0 Å². The summed E-state index contributed by atoms with van der Waals surface area (Å²) in [5.74, 6) is 1.34. The molecule has 1 heterocycles. The number of piperazine rings is 1. The highest BCUT2D eigenvalue weighted by Crippen LogP contribution is 2.30. The molecule has 2 aromatic rings. The molecular weight excluding hydrogens is 366 g/mol. The number of nitrogens with zero attached hydrogens (tertiary/aromatic N) is 2. The summed E-state index contributed by atoms with van der Waals surface area (Å²) in [5.41, 5.74) is 1.72. The number of nitrogens with one attached hydrogen (secondary N) is 1. The zero-order valence-corrected chi connectivity index (χ0v) is 16.3. The van der Waals surface area contributed by atoms with Gasteiger partial charge in [-0.25, -0.2) is 4.79 Å². The molecule has 0 spiro atoms. The van der Waals surface area contributed by atoms with Crippen molar-refractivity contribution in [3.8, 4) is 11.5 Å². The minimum atomic E-state index is -0.116. The lowest BCUT2D eigenvalue weighted by Gasteiger charge is -2.36. The van der Waals surface area contributed by atoms with Crippen LogP contribution in [0.15, 0.2) is 42.5 Å². The van der Waals surface area contributed by atoms with Crippen molar-refractivity contribution in [1.82, 2.24) is 4.90 Å². The molecule has 27 heavy (non-hydrogen) atoms. The van der Waals surface area contributed by atoms with Gasteiger partial charge in [-0.15, -0.1) is 0 Å². The fourth-order valence-corrected chi connectivity index (χ4v) is 3.32. The van der Waals surface area contributed by atoms with Crippen molar-refractivity contribution in [3.63, 3.8) is 0 Å². The number of amides is 2. The third kappa shape index (κ3) is 4.57. The van der Waals surface area contributed by atoms with E-state index in [1.54, 1.807) is 7.11 Å². The van der Waals surface area contributed by atoms with Gasteiger partial charge in [0.15, 0.2) is 0 Å². The second-order valence-electron chi connectivity index (χ2n) is 6.15. The maximum absolute atomic E-state index is 12.6. The predicted octanol–water partition coefficient (Wildman–Crippen LogP) is 4.10. The molecule has 144 valence electrons. The molecule has 1 N–H and O–H groups in total. The molecule has 1 aliphatic rings. The quantitative estimate of drug-likeness (QED) is 0.836. The number of urea groups is 1. The number of hydrogen-bond acceptors (Lipinski definition) is 4. The summed E-state index contributed by atoms with van der Waals surface area (Å²) < 4.78 is 10.8. The molecule has 3 rings (SSSR count). The zero-order valence-electron chi connectivity index (χ0n) is 15.6. The van der Waals surface area contributed by atoms with Gasteiger partial charge in [0, 0.05) is 31.9 Å². The Labute approximate surface area is 164 Å². The Hall–Kier alpha value is -2.60. The first kappa shape index (κ1) is 19.2. The summed E-state index contributed by atoms with van der Waals surface area (Å²) in [6, 6.07) is 13.1. The summed E-state index contributed by atoms with van der Waals surface area (Å²) in [5, 5.41) is 3.54. The standard InChI is InChI=1S/C20H24ClN3O3/c1-3-27-19-7-5-4-6-17(19)22-20(25)24-12-10-23(11-13-24)15-8-9-18(26-2)16(21)14-15/h4-9,14H,3,10-13H2,1-2H3,(H,22,25). The minimum Gasteiger partial charge on any atom is -0.495 e. The van der Waals surface area contributed by atoms with Crippen LogP contribution in [0.2, 0.25) is 5.02 Å². The van der Waals surface area contributed by atoms with Crippen molar-refractivity contribution < 1.29 is 14.3 Å². The number of halogens is 1. The summed E-state index contributed by atoms with van der Waals surface area (Å²) in [6.45, 7) is 5.21. The molecule has 1 saturated heterocycles. The minimum absolute atomic E-state index is 0.116. The topological polar surface area (TPSA) is 54.0 Å². The Morgan fingerprint density at radius 3 is 2.52 bits per heavy atom. The van der Waals surface area contributed by atoms with E-state index in [4.69, 9.17) is 21.1 Å². The smallest absolute Gasteiger partial charge is 0.322 e. The van der Waals surface area contributed by atoms with Crippen LogP contribution in [0.25, 0.3) is 0 Å². The van der Waals surface area contributed by atoms with Crippen LogP contribution in [0, 0.1) is 0 Å². The van der Waals surface area contributed by atoms with Gasteiger partial charge in [-0.2, -0.15) is 0 Å². The molecule has 6 nitrogen and oxygen atoms in total. The van der Waals surface area contributed by atoms with Crippen molar-refractivity contribution in [1.29, 1.82) is 0 Å². The second-order valence-corrected chi connectivity index (χ2v) is 6.56. The van der Waals surface area contributed by atoms with E-state index >= 15 is 0 Å². The van der Waals surface area contributed by atoms with Crippen LogP contribution in [0.1, 0.15) is 6.92 Å². The maximum atomic E-state index is 12.6. The summed E-state index contributed by atoms with van der Waals surface area (Å²) in [6.07, 6.45) is 0. The van der Waals surface area contributed by atoms with E-state index in [0.29, 0.717) is 41.9 Å². The average Bonchev–Trinajstić information content (AvgIpc) is 2.69. The summed E-state index contributed by atoms with van der Waals surface area (Å²) in [7, 11) is 1.60. The van der Waals surface area contributed by atoms with Crippen LogP contribution in [-0.2, 0) is 0 Å². The molecule has 0 aliphatic carbocycles. The van der Waals surface area contributed by atoms with Gasteiger partial charge in [0.1, 0.15) is 11.5 Å². The molecule has 1 fully saturated rings. The second kappa shape index (κ2) is 8.86. The van der Waals surface area contributed by atoms with E-state index in [2.05, 4.69) is 10.2 Å². The van der Waals surface area contributed by atoms with Gasteiger partial charge < -0.3 is 24.6 Å². The SMILES string of the molecule is CCOc1ccccc1NC(=O)N1CCN(c2ccc(OC)c(Cl)c2)CC1. The Balaban J connectivity index is 1.59. The molecular formula is C20H24ClN3O3. The van der Waals surface area contributed by atoms with Crippen molar-refractivity contribution in [2.75, 3.05) is 50.1 Å². The van der Waals surface area contributed by atoms with Crippen LogP contribution in [0.3, 0.4) is 0 Å². The normalized spacial score (nSPS) is 14.0. The van der Waals surface area contributed by atoms with Crippen LogP contribution < -0.4 is 19.7 Å². The van der Waals surface area contributed by atoms with Gasteiger partial charge in [-0.3, -0.25) is 0 Å². The van der Waals surface area contributed by atoms with Gasteiger partial charge >= 0.3 is 6.03 Å². The molecule has 2 amide bonds. The first-order valence-electron chi connectivity index (χ1n) is 8.98. The Bertz CT molecular complexity index is 792. The molecule has 7 heteroatoms. The highest BCUT2D eigenvalue weighted by atomic mass is 35.5. The number of rotatable bonds is 5. The average molecular weight is 390 g/mol. The van der Waals surface area contributed by atoms with E-state index in [1.165, 1.54) is 0 Å². The van der Waals surface area contributed by atoms with E-state index in [9.17, 15) is 4.79 Å². The number of carbonyl (C=O) groups excluding carboxylic acids is 1. The predicted molar refractivity (Wildman–Crippen MR) is 108 cm³/mol. The molecule has 1 aliphatic heterocycles. The van der Waals surface area contributed by atoms with Gasteiger partial charge in [0.05, 0.1) is 24.4 Å². The van der Waals surface area contributed by atoms with Crippen LogP contribution in [0.4, 0.5) is 16.2 Å². The number of anilines is 2. The van der Waals surface area contributed by atoms with E-state index < -0.39 is 0 Å². The first-order chi connectivity index (χ1) is 13.1. The number of methoxy groups -OCH3 is 1. The van der Waals surface area contributed by atoms with Crippen molar-refractivity contribution >= 4 is 29.0 Å². The van der Waals surface area contributed by atoms with Crippen molar-refractivity contribution in [2.45, 2.75) is 6.92 Å². The lowest BCUT2D eigenvalue weighted by atomic mass is 10.2. The maximum Gasteiger partial charge on any atom is 0.322 e. The van der Waals surface area contributed by atoms with Crippen LogP contribution in [-0.4, -0.2) is 50.8 Å². The van der Waals surface area contributed by atoms with Crippen LogP contribution >= 0.6 is 11.6 Å². The molecule has 2 aromatic carbocycles. The fourth-order valence-electron chi connectivity index (χ4n) is 3.07. The van der Waals surface area contributed by atoms with Crippen LogP contribution in [0.5, 0.6) is 11.5 Å². The van der Waals surface area contributed by atoms with Gasteiger partial charge in [-0.05, 0) is 37.3 Å². The molecule has 0 saturated carbocycles. The number of carbonyl (C=O) groups is 1. The molecule has 0 unspecified atom stereocenters. The van der Waals surface area contributed by atoms with E-state index in [0.717, 1.165) is 18.8 Å². The molecule has 0 aromatic heterocycles. The van der Waals surface area contributed by atoms with E-state index in [1.807, 2.05) is 54.3 Å². The first-order valence-corrected chi connectivity index (χ1v) is 9.36. The third-order valence-electron chi connectivity index (χ3n) is 4.50. The summed E-state index contributed by atoms with van der Waals surface area (Å²) in [4.78, 5) is 16.6. The monoisotopic (exact) mass is 389 g/mol. The Morgan fingerprint density at radius 2 is 1.85 bits per heavy atom. The Morgan fingerprint density at radius 1 is 1.11 bits per heavy atom. The third-order valence-corrected chi connectivity index (χ3v) is 4.79. The molecule has 0 atom stereocenters. The van der Waals surface area contributed by atoms with E-state index in [-0.39, 0.29) is 6.03 Å². The molecule has 0 bridgehead atoms. The highest BCUT2D eigenvalue weighted by Gasteiger charge is 2.22. The van der Waals surface area contributed by atoms with Crippen molar-refractivity contribution in [2.24, 2.45) is 0 Å². The van der Waals surface area contributed by atoms with Crippen molar-refractivity contribution in [3.05, 3.63) is 47.5 Å². The number of hydrogen-bond donors (Lipinski definition) is 1. The molecule has 0 radical (unpaired) electrons.